The third-order valence-corrected chi connectivity index (χ3v) is 5.89. The van der Waals surface area contributed by atoms with Crippen LogP contribution >= 0.6 is 0 Å². The smallest absolute Gasteiger partial charge is 0.257 e. The third-order valence-electron chi connectivity index (χ3n) is 5.89. The first-order chi connectivity index (χ1) is 15.1. The summed E-state index contributed by atoms with van der Waals surface area (Å²) in [6.45, 7) is 1.32. The van der Waals surface area contributed by atoms with Gasteiger partial charge in [0.2, 0.25) is 0 Å². The molecule has 6 nitrogen and oxygen atoms in total. The molecule has 4 rings (SSSR count). The maximum atomic E-state index is 14.2. The van der Waals surface area contributed by atoms with Crippen LogP contribution in [0.4, 0.5) is 4.39 Å². The van der Waals surface area contributed by atoms with Crippen LogP contribution in [-0.4, -0.2) is 55.2 Å². The van der Waals surface area contributed by atoms with Gasteiger partial charge in [0.05, 0.1) is 25.3 Å². The molecule has 1 atom stereocenters. The molecule has 2 aromatic carbocycles. The van der Waals surface area contributed by atoms with Crippen molar-refractivity contribution in [3.05, 3.63) is 65.5 Å². The molecule has 31 heavy (non-hydrogen) atoms. The molecule has 0 radical (unpaired) electrons. The highest BCUT2D eigenvalue weighted by Gasteiger charge is 2.44. The van der Waals surface area contributed by atoms with Gasteiger partial charge >= 0.3 is 0 Å². The zero-order valence-electron chi connectivity index (χ0n) is 17.4. The van der Waals surface area contributed by atoms with Crippen molar-refractivity contribution in [2.24, 2.45) is 0 Å². The summed E-state index contributed by atoms with van der Waals surface area (Å²) >= 11 is 0. The fraction of sp³-hybridized carbons (Fsp3) is 0.417. The first kappa shape index (κ1) is 21.3. The van der Waals surface area contributed by atoms with Crippen LogP contribution in [0.5, 0.6) is 5.75 Å². The molecule has 1 fully saturated rings. The number of nitrogens with zero attached hydrogens (tertiary/aromatic N) is 1. The minimum atomic E-state index is -1.14. The van der Waals surface area contributed by atoms with Crippen LogP contribution in [0.15, 0.2) is 48.5 Å². The molecule has 1 N–H and O–H groups in total. The number of aryl methyl sites for hydroxylation is 1. The molecule has 7 heteroatoms. The zero-order valence-corrected chi connectivity index (χ0v) is 17.4. The largest absolute Gasteiger partial charge is 0.491 e. The van der Waals surface area contributed by atoms with Gasteiger partial charge in [-0.2, -0.15) is 0 Å². The molecule has 2 aromatic rings. The second-order valence-electron chi connectivity index (χ2n) is 7.97. The maximum absolute atomic E-state index is 14.2. The van der Waals surface area contributed by atoms with Crippen molar-refractivity contribution >= 4 is 11.8 Å². The normalized spacial score (nSPS) is 22.5. The van der Waals surface area contributed by atoms with Crippen molar-refractivity contribution in [3.63, 3.8) is 0 Å². The van der Waals surface area contributed by atoms with Crippen molar-refractivity contribution in [1.29, 1.82) is 0 Å². The highest BCUT2D eigenvalue weighted by molar-refractivity contribution is 5.95. The fourth-order valence-corrected chi connectivity index (χ4v) is 4.23. The van der Waals surface area contributed by atoms with E-state index in [4.69, 9.17) is 9.47 Å². The lowest BCUT2D eigenvalue weighted by Gasteiger charge is -2.42. The number of benzene rings is 2. The number of carbonyl (C=O) groups excluding carboxylic acids is 2. The van der Waals surface area contributed by atoms with E-state index in [2.05, 4.69) is 11.4 Å². The van der Waals surface area contributed by atoms with Crippen LogP contribution in [0.2, 0.25) is 0 Å². The third kappa shape index (κ3) is 4.71. The van der Waals surface area contributed by atoms with E-state index in [0.29, 0.717) is 26.1 Å². The molecule has 0 bridgehead atoms. The first-order valence-electron chi connectivity index (χ1n) is 10.8. The van der Waals surface area contributed by atoms with Crippen molar-refractivity contribution in [1.82, 2.24) is 10.2 Å². The average molecular weight is 426 g/mol. The quantitative estimate of drug-likeness (QED) is 0.761. The Labute approximate surface area is 181 Å². The number of amides is 2. The van der Waals surface area contributed by atoms with E-state index in [1.54, 1.807) is 12.1 Å². The van der Waals surface area contributed by atoms with Crippen molar-refractivity contribution < 1.29 is 23.5 Å². The van der Waals surface area contributed by atoms with Crippen molar-refractivity contribution in [3.8, 4) is 5.75 Å². The van der Waals surface area contributed by atoms with Crippen LogP contribution in [0.25, 0.3) is 0 Å². The Balaban J connectivity index is 1.51. The SMILES string of the molecule is O=C(c1ccccc1F)N1CCOC2(CCCCc3ccccc3OCCNC2=O)C1. The molecular formula is C24H27FN2O4. The Morgan fingerprint density at radius 2 is 1.87 bits per heavy atom. The molecule has 0 aromatic heterocycles. The van der Waals surface area contributed by atoms with E-state index in [0.717, 1.165) is 30.6 Å². The van der Waals surface area contributed by atoms with Crippen molar-refractivity contribution in [2.45, 2.75) is 31.3 Å². The maximum Gasteiger partial charge on any atom is 0.257 e. The van der Waals surface area contributed by atoms with Crippen LogP contribution in [0.1, 0.15) is 35.2 Å². The molecular weight excluding hydrogens is 399 g/mol. The molecule has 1 unspecified atom stereocenters. The Morgan fingerprint density at radius 3 is 2.74 bits per heavy atom. The van der Waals surface area contributed by atoms with Gasteiger partial charge in [-0.15, -0.1) is 0 Å². The number of carbonyl (C=O) groups is 2. The number of hydrogen-bond donors (Lipinski definition) is 1. The molecule has 1 spiro atoms. The zero-order chi connectivity index (χ0) is 21.7. The predicted molar refractivity (Wildman–Crippen MR) is 113 cm³/mol. The summed E-state index contributed by atoms with van der Waals surface area (Å²) in [4.78, 5) is 27.6. The Kier molecular flexibility index (Phi) is 6.51. The Bertz CT molecular complexity index is 951. The van der Waals surface area contributed by atoms with E-state index in [9.17, 15) is 14.0 Å². The summed E-state index contributed by atoms with van der Waals surface area (Å²) in [5.41, 5.74) is 0.0141. The first-order valence-corrected chi connectivity index (χ1v) is 10.8. The summed E-state index contributed by atoms with van der Waals surface area (Å²) in [7, 11) is 0. The number of nitrogens with one attached hydrogen (secondary N) is 1. The average Bonchev–Trinajstić information content (AvgIpc) is 2.79. The van der Waals surface area contributed by atoms with Gasteiger partial charge in [0.1, 0.15) is 18.2 Å². The van der Waals surface area contributed by atoms with E-state index < -0.39 is 17.3 Å². The molecule has 2 aliphatic rings. The van der Waals surface area contributed by atoms with Gasteiger partial charge in [-0.1, -0.05) is 30.3 Å². The summed E-state index contributed by atoms with van der Waals surface area (Å²) in [6, 6.07) is 13.9. The van der Waals surface area contributed by atoms with Crippen molar-refractivity contribution in [2.75, 3.05) is 32.8 Å². The predicted octanol–water partition coefficient (Wildman–Crippen LogP) is 2.96. The van der Waals surface area contributed by atoms with E-state index in [-0.39, 0.29) is 24.6 Å². The minimum absolute atomic E-state index is 0.0121. The summed E-state index contributed by atoms with van der Waals surface area (Å²) in [5.74, 6) is -0.387. The Hall–Kier alpha value is -2.93. The van der Waals surface area contributed by atoms with Crippen LogP contribution in [0, 0.1) is 5.82 Å². The highest BCUT2D eigenvalue weighted by atomic mass is 19.1. The summed E-state index contributed by atoms with van der Waals surface area (Å²) in [5, 5.41) is 2.90. The van der Waals surface area contributed by atoms with E-state index in [1.807, 2.05) is 18.2 Å². The number of para-hydroxylation sites is 1. The van der Waals surface area contributed by atoms with Gasteiger partial charge in [-0.05, 0) is 49.4 Å². The highest BCUT2D eigenvalue weighted by Crippen LogP contribution is 2.28. The lowest BCUT2D eigenvalue weighted by molar-refractivity contribution is -0.159. The van der Waals surface area contributed by atoms with E-state index >= 15 is 0 Å². The molecule has 1 saturated heterocycles. The van der Waals surface area contributed by atoms with Gasteiger partial charge in [-0.25, -0.2) is 4.39 Å². The van der Waals surface area contributed by atoms with Gasteiger partial charge < -0.3 is 19.7 Å². The van der Waals surface area contributed by atoms with Gasteiger partial charge in [0.25, 0.3) is 11.8 Å². The lowest BCUT2D eigenvalue weighted by atomic mass is 9.91. The number of halogens is 1. The lowest BCUT2D eigenvalue weighted by Crippen LogP contribution is -2.61. The molecule has 2 amide bonds. The molecule has 0 saturated carbocycles. The fourth-order valence-electron chi connectivity index (χ4n) is 4.23. The summed E-state index contributed by atoms with van der Waals surface area (Å²) < 4.78 is 26.0. The second kappa shape index (κ2) is 9.47. The number of rotatable bonds is 1. The molecule has 164 valence electrons. The topological polar surface area (TPSA) is 67.9 Å². The minimum Gasteiger partial charge on any atom is -0.491 e. The standard InChI is InChI=1S/C24H27FN2O4/c25-20-10-3-2-9-19(20)22(28)27-14-16-31-24(17-27)12-6-5-8-18-7-1-4-11-21(18)30-15-13-26-23(24)29/h1-4,7,9-11H,5-6,8,12-17H2,(H,26,29). The molecule has 2 aliphatic heterocycles. The molecule has 2 heterocycles. The monoisotopic (exact) mass is 426 g/mol. The summed E-state index contributed by atoms with van der Waals surface area (Å²) in [6.07, 6.45) is 2.94. The molecule has 0 aliphatic carbocycles. The van der Waals surface area contributed by atoms with Crippen LogP contribution in [-0.2, 0) is 16.0 Å². The van der Waals surface area contributed by atoms with Gasteiger partial charge in [-0.3, -0.25) is 9.59 Å². The number of ether oxygens (including phenoxy) is 2. The number of morpholine rings is 1. The number of hydrogen-bond acceptors (Lipinski definition) is 4. The number of fused-ring (bicyclic) bond motifs is 1. The second-order valence-corrected chi connectivity index (χ2v) is 7.97. The van der Waals surface area contributed by atoms with E-state index in [1.165, 1.54) is 17.0 Å². The van der Waals surface area contributed by atoms with Gasteiger partial charge in [0.15, 0.2) is 5.60 Å². The van der Waals surface area contributed by atoms with Gasteiger partial charge in [0, 0.05) is 6.54 Å². The van der Waals surface area contributed by atoms with Crippen LogP contribution in [0.3, 0.4) is 0 Å². The Morgan fingerprint density at radius 1 is 1.06 bits per heavy atom. The van der Waals surface area contributed by atoms with Crippen LogP contribution < -0.4 is 10.1 Å².